The molecule has 7 heteroatoms. The van der Waals surface area contributed by atoms with Crippen LogP contribution in [0.15, 0.2) is 18.2 Å². The number of nitrogens with one attached hydrogen (secondary N) is 1. The fourth-order valence-corrected chi connectivity index (χ4v) is 3.58. The van der Waals surface area contributed by atoms with Crippen LogP contribution in [0.2, 0.25) is 0 Å². The molecule has 2 aliphatic rings. The van der Waals surface area contributed by atoms with E-state index in [2.05, 4.69) is 5.32 Å². The highest BCUT2D eigenvalue weighted by Gasteiger charge is 2.50. The lowest BCUT2D eigenvalue weighted by Crippen LogP contribution is -2.50. The maximum Gasteiger partial charge on any atom is 0.293 e. The minimum Gasteiger partial charge on any atom is -0.388 e. The molecular weight excluding hydrogens is 310 g/mol. The molecule has 2 fully saturated rings. The number of aryl methyl sites for hydroxylation is 1. The van der Waals surface area contributed by atoms with Gasteiger partial charge in [0.2, 0.25) is 5.91 Å². The summed E-state index contributed by atoms with van der Waals surface area (Å²) in [6.07, 6.45) is 4.55. The first-order chi connectivity index (χ1) is 11.4. The van der Waals surface area contributed by atoms with Crippen molar-refractivity contribution in [3.05, 3.63) is 33.9 Å². The van der Waals surface area contributed by atoms with Gasteiger partial charge in [0.1, 0.15) is 5.69 Å². The van der Waals surface area contributed by atoms with Gasteiger partial charge in [0.05, 0.1) is 17.1 Å². The number of nitrogens with zero attached hydrogens (tertiary/aromatic N) is 2. The van der Waals surface area contributed by atoms with E-state index in [1.54, 1.807) is 19.1 Å². The SMILES string of the molecule is Cc1cccc([N+](=O)[O-])c1NC(=O)CN1CCCCC1C1(O)CC1. The van der Waals surface area contributed by atoms with Crippen LogP contribution in [0.4, 0.5) is 11.4 Å². The number of rotatable bonds is 5. The number of anilines is 1. The number of amides is 1. The Hall–Kier alpha value is -1.99. The van der Waals surface area contributed by atoms with Crippen LogP contribution in [-0.4, -0.2) is 45.6 Å². The van der Waals surface area contributed by atoms with E-state index in [-0.39, 0.29) is 29.9 Å². The lowest BCUT2D eigenvalue weighted by molar-refractivity contribution is -0.384. The maximum absolute atomic E-state index is 12.4. The number of aliphatic hydroxyl groups is 1. The van der Waals surface area contributed by atoms with Crippen molar-refractivity contribution in [3.63, 3.8) is 0 Å². The fraction of sp³-hybridized carbons (Fsp3) is 0.588. The van der Waals surface area contributed by atoms with E-state index in [0.29, 0.717) is 5.56 Å². The van der Waals surface area contributed by atoms with Gasteiger partial charge in [-0.2, -0.15) is 0 Å². The Morgan fingerprint density at radius 3 is 2.88 bits per heavy atom. The number of likely N-dealkylation sites (tertiary alicyclic amines) is 1. The van der Waals surface area contributed by atoms with Crippen molar-refractivity contribution in [1.29, 1.82) is 0 Å². The third kappa shape index (κ3) is 3.42. The second kappa shape index (κ2) is 6.49. The molecule has 1 saturated carbocycles. The molecule has 130 valence electrons. The summed E-state index contributed by atoms with van der Waals surface area (Å²) in [7, 11) is 0. The summed E-state index contributed by atoms with van der Waals surface area (Å²) in [6, 6.07) is 4.74. The molecule has 3 rings (SSSR count). The highest BCUT2D eigenvalue weighted by molar-refractivity contribution is 5.95. The minimum absolute atomic E-state index is 0.0175. The molecule has 1 aliphatic heterocycles. The molecule has 7 nitrogen and oxygen atoms in total. The third-order valence-corrected chi connectivity index (χ3v) is 5.05. The van der Waals surface area contributed by atoms with Crippen molar-refractivity contribution in [2.45, 2.75) is 50.7 Å². The van der Waals surface area contributed by atoms with Crippen LogP contribution in [0.25, 0.3) is 0 Å². The fourth-order valence-electron chi connectivity index (χ4n) is 3.58. The lowest BCUT2D eigenvalue weighted by Gasteiger charge is -2.38. The van der Waals surface area contributed by atoms with Gasteiger partial charge >= 0.3 is 0 Å². The average molecular weight is 333 g/mol. The highest BCUT2D eigenvalue weighted by Crippen LogP contribution is 2.43. The Kier molecular flexibility index (Phi) is 4.56. The normalized spacial score (nSPS) is 22.8. The molecule has 1 saturated heterocycles. The summed E-state index contributed by atoms with van der Waals surface area (Å²) in [6.45, 7) is 2.66. The molecule has 0 bridgehead atoms. The molecule has 0 radical (unpaired) electrons. The summed E-state index contributed by atoms with van der Waals surface area (Å²) in [4.78, 5) is 25.1. The number of carbonyl (C=O) groups is 1. The van der Waals surface area contributed by atoms with Crippen LogP contribution in [0.3, 0.4) is 0 Å². The summed E-state index contributed by atoms with van der Waals surface area (Å²) < 4.78 is 0. The van der Waals surface area contributed by atoms with Crippen LogP contribution < -0.4 is 5.32 Å². The predicted molar refractivity (Wildman–Crippen MR) is 89.9 cm³/mol. The van der Waals surface area contributed by atoms with Crippen LogP contribution in [-0.2, 0) is 4.79 Å². The summed E-state index contributed by atoms with van der Waals surface area (Å²) in [5, 5.41) is 24.3. The van der Waals surface area contributed by atoms with Gasteiger partial charge in [-0.3, -0.25) is 19.8 Å². The Balaban J connectivity index is 1.70. The number of piperidine rings is 1. The minimum atomic E-state index is -0.643. The number of nitro groups is 1. The Bertz CT molecular complexity index is 657. The van der Waals surface area contributed by atoms with Gasteiger partial charge in [0, 0.05) is 12.1 Å². The number of carbonyl (C=O) groups excluding carboxylic acids is 1. The predicted octanol–water partition coefficient (Wildman–Crippen LogP) is 2.22. The average Bonchev–Trinajstić information content (AvgIpc) is 3.28. The van der Waals surface area contributed by atoms with Gasteiger partial charge < -0.3 is 10.4 Å². The van der Waals surface area contributed by atoms with E-state index >= 15 is 0 Å². The van der Waals surface area contributed by atoms with E-state index in [1.165, 1.54) is 6.07 Å². The molecule has 0 spiro atoms. The van der Waals surface area contributed by atoms with Crippen molar-refractivity contribution in [2.75, 3.05) is 18.4 Å². The molecule has 0 aromatic heterocycles. The Labute approximate surface area is 140 Å². The van der Waals surface area contributed by atoms with Crippen LogP contribution >= 0.6 is 0 Å². The first kappa shape index (κ1) is 16.9. The maximum atomic E-state index is 12.4. The van der Waals surface area contributed by atoms with E-state index in [9.17, 15) is 20.0 Å². The summed E-state index contributed by atoms with van der Waals surface area (Å²) in [5.41, 5.74) is 0.175. The smallest absolute Gasteiger partial charge is 0.293 e. The molecule has 24 heavy (non-hydrogen) atoms. The number of benzene rings is 1. The van der Waals surface area contributed by atoms with Crippen molar-refractivity contribution in [1.82, 2.24) is 4.90 Å². The number of para-hydroxylation sites is 1. The van der Waals surface area contributed by atoms with Crippen LogP contribution in [0.5, 0.6) is 0 Å². The van der Waals surface area contributed by atoms with E-state index in [1.807, 2.05) is 4.90 Å². The van der Waals surface area contributed by atoms with Crippen molar-refractivity contribution in [2.24, 2.45) is 0 Å². The van der Waals surface area contributed by atoms with Crippen LogP contribution in [0, 0.1) is 17.0 Å². The number of hydrogen-bond acceptors (Lipinski definition) is 5. The zero-order valence-electron chi connectivity index (χ0n) is 13.8. The molecule has 1 aliphatic carbocycles. The number of nitro benzene ring substituents is 1. The van der Waals surface area contributed by atoms with Gasteiger partial charge in [-0.1, -0.05) is 18.6 Å². The van der Waals surface area contributed by atoms with Gasteiger partial charge in [0.25, 0.3) is 5.69 Å². The summed E-state index contributed by atoms with van der Waals surface area (Å²) >= 11 is 0. The zero-order chi connectivity index (χ0) is 17.3. The van der Waals surface area contributed by atoms with Gasteiger partial charge in [0.15, 0.2) is 0 Å². The third-order valence-electron chi connectivity index (χ3n) is 5.05. The molecule has 1 unspecified atom stereocenters. The van der Waals surface area contributed by atoms with Crippen molar-refractivity contribution in [3.8, 4) is 0 Å². The molecule has 1 aromatic rings. The second-order valence-electron chi connectivity index (χ2n) is 6.86. The Morgan fingerprint density at radius 1 is 1.46 bits per heavy atom. The largest absolute Gasteiger partial charge is 0.388 e. The van der Waals surface area contributed by atoms with Gasteiger partial charge in [-0.05, 0) is 44.7 Å². The monoisotopic (exact) mass is 333 g/mol. The molecule has 1 atom stereocenters. The molecule has 2 N–H and O–H groups in total. The molecule has 1 heterocycles. The second-order valence-corrected chi connectivity index (χ2v) is 6.86. The molecular formula is C17H23N3O4. The van der Waals surface area contributed by atoms with E-state index in [0.717, 1.165) is 38.6 Å². The zero-order valence-corrected chi connectivity index (χ0v) is 13.8. The first-order valence-corrected chi connectivity index (χ1v) is 8.41. The van der Waals surface area contributed by atoms with Crippen LogP contribution in [0.1, 0.15) is 37.7 Å². The highest BCUT2D eigenvalue weighted by atomic mass is 16.6. The molecule has 1 amide bonds. The Morgan fingerprint density at radius 2 is 2.21 bits per heavy atom. The van der Waals surface area contributed by atoms with Crippen molar-refractivity contribution < 1.29 is 14.8 Å². The van der Waals surface area contributed by atoms with Gasteiger partial charge in [-0.15, -0.1) is 0 Å². The molecule has 1 aromatic carbocycles. The first-order valence-electron chi connectivity index (χ1n) is 8.41. The topological polar surface area (TPSA) is 95.7 Å². The number of hydrogen-bond donors (Lipinski definition) is 2. The van der Waals surface area contributed by atoms with E-state index in [4.69, 9.17) is 0 Å². The van der Waals surface area contributed by atoms with Crippen molar-refractivity contribution >= 4 is 17.3 Å². The van der Waals surface area contributed by atoms with E-state index < -0.39 is 10.5 Å². The summed E-state index contributed by atoms with van der Waals surface area (Å²) in [5.74, 6) is -0.274. The standard InChI is InChI=1S/C17H23N3O4/c1-12-5-4-6-13(20(23)24)16(12)18-15(21)11-19-10-3-2-7-14(19)17(22)8-9-17/h4-6,14,22H,2-3,7-11H2,1H3,(H,18,21). The quantitative estimate of drug-likeness (QED) is 0.636. The van der Waals surface area contributed by atoms with Gasteiger partial charge in [-0.25, -0.2) is 0 Å². The lowest BCUT2D eigenvalue weighted by atomic mass is 9.95.